The van der Waals surface area contributed by atoms with Crippen molar-refractivity contribution in [2.75, 3.05) is 19.7 Å². The third-order valence-corrected chi connectivity index (χ3v) is 6.23. The second-order valence-corrected chi connectivity index (χ2v) is 8.91. The fourth-order valence-corrected chi connectivity index (χ4v) is 4.21. The van der Waals surface area contributed by atoms with E-state index in [0.717, 1.165) is 43.9 Å². The first-order valence-corrected chi connectivity index (χ1v) is 11.2. The Kier molecular flexibility index (Phi) is 8.65. The number of esters is 1. The summed E-state index contributed by atoms with van der Waals surface area (Å²) in [5, 5.41) is 2.71. The van der Waals surface area contributed by atoms with E-state index in [1.807, 2.05) is 4.72 Å². The van der Waals surface area contributed by atoms with Crippen LogP contribution in [0.5, 0.6) is 0 Å². The fourth-order valence-electron chi connectivity index (χ4n) is 3.13. The molecule has 0 spiro atoms. The van der Waals surface area contributed by atoms with Gasteiger partial charge in [-0.1, -0.05) is 25.3 Å². The molecule has 7 nitrogen and oxygen atoms in total. The predicted octanol–water partition coefficient (Wildman–Crippen LogP) is 2.61. The number of alkyl halides is 3. The van der Waals surface area contributed by atoms with Crippen LogP contribution in [0.15, 0.2) is 29.2 Å². The lowest BCUT2D eigenvalue weighted by molar-refractivity contribution is -0.148. The van der Waals surface area contributed by atoms with E-state index in [1.54, 1.807) is 0 Å². The van der Waals surface area contributed by atoms with E-state index in [9.17, 15) is 31.2 Å². The van der Waals surface area contributed by atoms with Crippen molar-refractivity contribution in [3.05, 3.63) is 29.8 Å². The number of carbonyl (C=O) groups is 2. The van der Waals surface area contributed by atoms with E-state index >= 15 is 0 Å². The second-order valence-electron chi connectivity index (χ2n) is 7.14. The van der Waals surface area contributed by atoms with Gasteiger partial charge in [-0.2, -0.15) is 13.2 Å². The van der Waals surface area contributed by atoms with Gasteiger partial charge in [0.1, 0.15) is 0 Å². The number of benzene rings is 1. The molecule has 0 atom stereocenters. The van der Waals surface area contributed by atoms with Crippen LogP contribution in [0.4, 0.5) is 13.2 Å². The molecule has 1 aromatic carbocycles. The van der Waals surface area contributed by atoms with Gasteiger partial charge in [0.2, 0.25) is 10.0 Å². The number of rotatable bonds is 9. The molecule has 0 radical (unpaired) electrons. The van der Waals surface area contributed by atoms with E-state index < -0.39 is 45.1 Å². The minimum Gasteiger partial charge on any atom is -0.456 e. The summed E-state index contributed by atoms with van der Waals surface area (Å²) in [7, 11) is -4.23. The molecule has 0 saturated heterocycles. The van der Waals surface area contributed by atoms with Crippen LogP contribution in [0.1, 0.15) is 44.1 Å². The number of sulfonamides is 1. The summed E-state index contributed by atoms with van der Waals surface area (Å²) in [6.07, 6.45) is 0.580. The van der Waals surface area contributed by atoms with Gasteiger partial charge in [0.05, 0.1) is 16.9 Å². The summed E-state index contributed by atoms with van der Waals surface area (Å²) in [5.41, 5.74) is -1.09. The maximum absolute atomic E-state index is 12.7. The molecule has 11 heteroatoms. The zero-order valence-corrected chi connectivity index (χ0v) is 17.2. The summed E-state index contributed by atoms with van der Waals surface area (Å²) in [6, 6.07) is 3.27. The average Bonchev–Trinajstić information content (AvgIpc) is 2.71. The van der Waals surface area contributed by atoms with E-state index in [4.69, 9.17) is 4.74 Å². The standard InChI is InChI=1S/C19H25F3N2O5S/c20-19(21,22)15-7-4-8-16(11-15)30(27,28)24-10-9-18(26)29-13-17(25)23-12-14-5-2-1-3-6-14/h4,7-8,11,14,24H,1-3,5-6,9-10,12-13H2,(H,23,25). The molecular weight excluding hydrogens is 425 g/mol. The first-order chi connectivity index (χ1) is 14.1. The molecule has 1 amide bonds. The van der Waals surface area contributed by atoms with Crippen molar-refractivity contribution in [2.24, 2.45) is 5.92 Å². The summed E-state index contributed by atoms with van der Waals surface area (Å²) in [5.74, 6) is -0.795. The molecule has 0 bridgehead atoms. The molecule has 1 aromatic rings. The minimum absolute atomic E-state index is 0.367. The van der Waals surface area contributed by atoms with E-state index in [2.05, 4.69) is 5.32 Å². The largest absolute Gasteiger partial charge is 0.456 e. The molecule has 0 heterocycles. The van der Waals surface area contributed by atoms with Gasteiger partial charge in [-0.15, -0.1) is 0 Å². The first kappa shape index (κ1) is 24.1. The fraction of sp³-hybridized carbons (Fsp3) is 0.579. The Balaban J connectivity index is 1.71. The molecule has 0 aromatic heterocycles. The SMILES string of the molecule is O=C(COC(=O)CCNS(=O)(=O)c1cccc(C(F)(F)F)c1)NCC1CCCCC1. The third-order valence-electron chi connectivity index (χ3n) is 4.77. The molecule has 168 valence electrons. The Hall–Kier alpha value is -2.14. The minimum atomic E-state index is -4.67. The van der Waals surface area contributed by atoms with Crippen LogP contribution in [0, 0.1) is 5.92 Å². The first-order valence-electron chi connectivity index (χ1n) is 9.67. The van der Waals surface area contributed by atoms with Crippen LogP contribution in [0.2, 0.25) is 0 Å². The quantitative estimate of drug-likeness (QED) is 0.563. The molecule has 0 aliphatic heterocycles. The Labute approximate surface area is 173 Å². The number of halogens is 3. The van der Waals surface area contributed by atoms with Crippen molar-refractivity contribution in [1.82, 2.24) is 10.0 Å². The number of carbonyl (C=O) groups excluding carboxylic acids is 2. The molecule has 2 N–H and O–H groups in total. The van der Waals surface area contributed by atoms with E-state index in [0.29, 0.717) is 18.5 Å². The molecule has 2 rings (SSSR count). The molecule has 1 saturated carbocycles. The number of hydrogen-bond donors (Lipinski definition) is 2. The lowest BCUT2D eigenvalue weighted by Gasteiger charge is -2.21. The van der Waals surface area contributed by atoms with Gasteiger partial charge in [0.25, 0.3) is 5.91 Å². The lowest BCUT2D eigenvalue weighted by Crippen LogP contribution is -2.34. The highest BCUT2D eigenvalue weighted by Crippen LogP contribution is 2.30. The van der Waals surface area contributed by atoms with Gasteiger partial charge in [-0.25, -0.2) is 13.1 Å². The number of amides is 1. The van der Waals surface area contributed by atoms with Crippen LogP contribution < -0.4 is 10.0 Å². The zero-order valence-electron chi connectivity index (χ0n) is 16.3. The third kappa shape index (κ3) is 7.94. The van der Waals surface area contributed by atoms with Gasteiger partial charge >= 0.3 is 12.1 Å². The average molecular weight is 450 g/mol. The van der Waals surface area contributed by atoms with Gasteiger partial charge in [-0.3, -0.25) is 9.59 Å². The smallest absolute Gasteiger partial charge is 0.416 e. The van der Waals surface area contributed by atoms with Gasteiger partial charge in [0.15, 0.2) is 6.61 Å². The molecule has 0 unspecified atom stereocenters. The highest BCUT2D eigenvalue weighted by atomic mass is 32.2. The van der Waals surface area contributed by atoms with Crippen LogP contribution in [-0.4, -0.2) is 40.0 Å². The summed E-state index contributed by atoms with van der Waals surface area (Å²) >= 11 is 0. The summed E-state index contributed by atoms with van der Waals surface area (Å²) < 4.78 is 69.2. The lowest BCUT2D eigenvalue weighted by atomic mass is 9.89. The van der Waals surface area contributed by atoms with Crippen LogP contribution in [0.25, 0.3) is 0 Å². The number of hydrogen-bond acceptors (Lipinski definition) is 5. The van der Waals surface area contributed by atoms with Crippen LogP contribution >= 0.6 is 0 Å². The molecule has 1 aliphatic carbocycles. The monoisotopic (exact) mass is 450 g/mol. The van der Waals surface area contributed by atoms with Gasteiger partial charge in [0, 0.05) is 13.1 Å². The number of nitrogens with one attached hydrogen (secondary N) is 2. The molecule has 30 heavy (non-hydrogen) atoms. The second kappa shape index (κ2) is 10.8. The topological polar surface area (TPSA) is 102 Å². The Morgan fingerprint density at radius 2 is 1.83 bits per heavy atom. The van der Waals surface area contributed by atoms with Crippen molar-refractivity contribution in [3.63, 3.8) is 0 Å². The Bertz CT molecular complexity index is 837. The predicted molar refractivity (Wildman–Crippen MR) is 102 cm³/mol. The summed E-state index contributed by atoms with van der Waals surface area (Å²) in [4.78, 5) is 22.8. The normalized spacial score (nSPS) is 15.6. The van der Waals surface area contributed by atoms with Crippen molar-refractivity contribution in [3.8, 4) is 0 Å². The highest BCUT2D eigenvalue weighted by molar-refractivity contribution is 7.89. The van der Waals surface area contributed by atoms with Crippen molar-refractivity contribution in [1.29, 1.82) is 0 Å². The zero-order chi connectivity index (χ0) is 22.2. The molecular formula is C19H25F3N2O5S. The van der Waals surface area contributed by atoms with E-state index in [1.165, 1.54) is 6.42 Å². The molecule has 1 aliphatic rings. The van der Waals surface area contributed by atoms with E-state index in [-0.39, 0.29) is 13.0 Å². The maximum Gasteiger partial charge on any atom is 0.416 e. The van der Waals surface area contributed by atoms with Crippen molar-refractivity contribution < 1.29 is 35.9 Å². The summed E-state index contributed by atoms with van der Waals surface area (Å²) in [6.45, 7) is -0.305. The van der Waals surface area contributed by atoms with Gasteiger partial charge < -0.3 is 10.1 Å². The van der Waals surface area contributed by atoms with Crippen molar-refractivity contribution in [2.45, 2.75) is 49.6 Å². The van der Waals surface area contributed by atoms with Crippen LogP contribution in [-0.2, 0) is 30.5 Å². The number of ether oxygens (including phenoxy) is 1. The highest BCUT2D eigenvalue weighted by Gasteiger charge is 2.31. The van der Waals surface area contributed by atoms with Crippen molar-refractivity contribution >= 4 is 21.9 Å². The maximum atomic E-state index is 12.7. The van der Waals surface area contributed by atoms with Crippen LogP contribution in [0.3, 0.4) is 0 Å². The molecule has 1 fully saturated rings. The Morgan fingerprint density at radius 1 is 1.13 bits per heavy atom. The Morgan fingerprint density at radius 3 is 2.50 bits per heavy atom. The van der Waals surface area contributed by atoms with Gasteiger partial charge in [-0.05, 0) is 37.0 Å².